The lowest BCUT2D eigenvalue weighted by Crippen LogP contribution is -3.09. The molecule has 1 aromatic rings. The molecule has 19 heavy (non-hydrogen) atoms. The summed E-state index contributed by atoms with van der Waals surface area (Å²) in [7, 11) is 1.54. The van der Waals surface area contributed by atoms with Crippen molar-refractivity contribution in [2.45, 2.75) is 39.2 Å². The molecule has 1 saturated heterocycles. The second-order valence-corrected chi connectivity index (χ2v) is 5.53. The molecule has 106 valence electrons. The van der Waals surface area contributed by atoms with Crippen molar-refractivity contribution in [2.75, 3.05) is 19.6 Å². The second kappa shape index (κ2) is 6.19. The van der Waals surface area contributed by atoms with E-state index in [9.17, 15) is 9.59 Å². The van der Waals surface area contributed by atoms with Gasteiger partial charge < -0.3 is 4.90 Å². The number of aromatic nitrogens is 2. The highest BCUT2D eigenvalue weighted by atomic mass is 16.2. The zero-order valence-electron chi connectivity index (χ0n) is 11.9. The smallest absolute Gasteiger partial charge is 0.330 e. The van der Waals surface area contributed by atoms with E-state index in [4.69, 9.17) is 0 Å². The van der Waals surface area contributed by atoms with Gasteiger partial charge in [0, 0.05) is 38.2 Å². The Kier molecular flexibility index (Phi) is 4.58. The molecule has 0 radical (unpaired) electrons. The van der Waals surface area contributed by atoms with Crippen LogP contribution in [0.3, 0.4) is 0 Å². The largest absolute Gasteiger partial charge is 0.335 e. The fraction of sp³-hybridized carbons (Fsp3) is 0.714. The summed E-state index contributed by atoms with van der Waals surface area (Å²) in [6.07, 6.45) is 4.86. The Morgan fingerprint density at radius 3 is 2.58 bits per heavy atom. The number of likely N-dealkylation sites (tertiary alicyclic amines) is 1. The van der Waals surface area contributed by atoms with Crippen LogP contribution in [0.5, 0.6) is 0 Å². The third kappa shape index (κ3) is 3.35. The molecule has 0 spiro atoms. The summed E-state index contributed by atoms with van der Waals surface area (Å²) in [4.78, 5) is 25.1. The molecule has 1 aliphatic rings. The van der Waals surface area contributed by atoms with Gasteiger partial charge in [0.15, 0.2) is 0 Å². The van der Waals surface area contributed by atoms with Crippen molar-refractivity contribution in [3.8, 4) is 0 Å². The highest BCUT2D eigenvalue weighted by molar-refractivity contribution is 4.99. The maximum Gasteiger partial charge on any atom is 0.330 e. The molecular weight excluding hydrogens is 242 g/mol. The zero-order chi connectivity index (χ0) is 13.8. The van der Waals surface area contributed by atoms with Gasteiger partial charge in [-0.15, -0.1) is 0 Å². The van der Waals surface area contributed by atoms with Crippen molar-refractivity contribution >= 4 is 0 Å². The van der Waals surface area contributed by atoms with Crippen LogP contribution in [-0.2, 0) is 13.6 Å². The Morgan fingerprint density at radius 1 is 1.21 bits per heavy atom. The summed E-state index contributed by atoms with van der Waals surface area (Å²) in [5, 5.41) is 0. The Bertz CT molecular complexity index is 539. The number of nitrogens with zero attached hydrogens (tertiary/aromatic N) is 2. The van der Waals surface area contributed by atoms with Gasteiger partial charge in [-0.1, -0.05) is 0 Å². The van der Waals surface area contributed by atoms with Crippen LogP contribution in [0.25, 0.3) is 0 Å². The minimum Gasteiger partial charge on any atom is -0.335 e. The van der Waals surface area contributed by atoms with Crippen LogP contribution in [0.4, 0.5) is 0 Å². The van der Waals surface area contributed by atoms with Crippen LogP contribution in [-0.4, -0.2) is 28.8 Å². The molecule has 1 fully saturated rings. The van der Waals surface area contributed by atoms with Gasteiger partial charge in [-0.25, -0.2) is 4.79 Å². The fourth-order valence-corrected chi connectivity index (χ4v) is 2.82. The summed E-state index contributed by atoms with van der Waals surface area (Å²) >= 11 is 0. The van der Waals surface area contributed by atoms with Crippen LogP contribution in [0.1, 0.15) is 31.4 Å². The number of hydrogen-bond acceptors (Lipinski definition) is 2. The lowest BCUT2D eigenvalue weighted by molar-refractivity contribution is -0.887. The molecule has 5 heteroatoms. The summed E-state index contributed by atoms with van der Waals surface area (Å²) < 4.78 is 2.89. The maximum atomic E-state index is 12.0. The van der Waals surface area contributed by atoms with Crippen molar-refractivity contribution < 1.29 is 4.90 Å². The fourth-order valence-electron chi connectivity index (χ4n) is 2.82. The standard InChI is InChI=1S/C14H23N3O2/c1-12-11-13(18)15(2)14(19)17(12)10-6-5-9-16-7-3-4-8-16/h11H,3-10H2,1-2H3/p+1. The number of quaternary nitrogens is 1. The molecule has 0 saturated carbocycles. The average molecular weight is 266 g/mol. The van der Waals surface area contributed by atoms with E-state index in [0.29, 0.717) is 6.54 Å². The lowest BCUT2D eigenvalue weighted by Gasteiger charge is -2.13. The van der Waals surface area contributed by atoms with Crippen molar-refractivity contribution in [1.82, 2.24) is 9.13 Å². The van der Waals surface area contributed by atoms with Crippen LogP contribution in [0, 0.1) is 6.92 Å². The third-order valence-corrected chi connectivity index (χ3v) is 4.08. The molecule has 5 nitrogen and oxygen atoms in total. The molecule has 0 amide bonds. The Labute approximate surface area is 113 Å². The number of nitrogens with one attached hydrogen (secondary N) is 1. The molecule has 2 rings (SSSR count). The van der Waals surface area contributed by atoms with Crippen LogP contribution < -0.4 is 16.1 Å². The number of aryl methyl sites for hydroxylation is 1. The van der Waals surface area contributed by atoms with Gasteiger partial charge in [0.05, 0.1) is 19.6 Å². The highest BCUT2D eigenvalue weighted by Gasteiger charge is 2.14. The first-order valence-electron chi connectivity index (χ1n) is 7.20. The van der Waals surface area contributed by atoms with E-state index in [2.05, 4.69) is 0 Å². The third-order valence-electron chi connectivity index (χ3n) is 4.08. The van der Waals surface area contributed by atoms with E-state index >= 15 is 0 Å². The maximum absolute atomic E-state index is 12.0. The van der Waals surface area contributed by atoms with E-state index in [0.717, 1.165) is 18.5 Å². The van der Waals surface area contributed by atoms with E-state index in [1.165, 1.54) is 50.2 Å². The van der Waals surface area contributed by atoms with Crippen molar-refractivity contribution in [3.63, 3.8) is 0 Å². The van der Waals surface area contributed by atoms with Gasteiger partial charge in [0.1, 0.15) is 0 Å². The molecule has 0 unspecified atom stereocenters. The second-order valence-electron chi connectivity index (χ2n) is 5.53. The molecule has 0 aliphatic carbocycles. The molecular formula is C14H24N3O2+. The Hall–Kier alpha value is -1.36. The van der Waals surface area contributed by atoms with Crippen molar-refractivity contribution in [3.05, 3.63) is 32.6 Å². The SMILES string of the molecule is Cc1cc(=O)n(C)c(=O)n1CCCC[NH+]1CCCC1. The van der Waals surface area contributed by atoms with Gasteiger partial charge in [-0.3, -0.25) is 13.9 Å². The molecule has 0 atom stereocenters. The lowest BCUT2D eigenvalue weighted by atomic mass is 10.3. The van der Waals surface area contributed by atoms with E-state index in [1.807, 2.05) is 6.92 Å². The van der Waals surface area contributed by atoms with Gasteiger partial charge in [-0.2, -0.15) is 0 Å². The zero-order valence-corrected chi connectivity index (χ0v) is 11.9. The highest BCUT2D eigenvalue weighted by Crippen LogP contribution is 1.96. The minimum absolute atomic E-state index is 0.196. The normalized spacial score (nSPS) is 16.1. The summed E-state index contributed by atoms with van der Waals surface area (Å²) in [6, 6.07) is 1.53. The molecule has 1 aliphatic heterocycles. The molecule has 1 aromatic heterocycles. The number of rotatable bonds is 5. The summed E-state index contributed by atoms with van der Waals surface area (Å²) in [5.74, 6) is 0. The van der Waals surface area contributed by atoms with Crippen molar-refractivity contribution in [1.29, 1.82) is 0 Å². The van der Waals surface area contributed by atoms with Gasteiger partial charge in [0.2, 0.25) is 0 Å². The molecule has 2 heterocycles. The monoisotopic (exact) mass is 266 g/mol. The molecule has 1 N–H and O–H groups in total. The Balaban J connectivity index is 1.90. The quantitative estimate of drug-likeness (QED) is 0.718. The predicted octanol–water partition coefficient (Wildman–Crippen LogP) is -0.686. The molecule has 0 bridgehead atoms. The van der Waals surface area contributed by atoms with Crippen molar-refractivity contribution in [2.24, 2.45) is 7.05 Å². The van der Waals surface area contributed by atoms with Crippen LogP contribution in [0.2, 0.25) is 0 Å². The first kappa shape index (κ1) is 14.1. The van der Waals surface area contributed by atoms with E-state index in [1.54, 1.807) is 9.47 Å². The summed E-state index contributed by atoms with van der Waals surface area (Å²) in [5.41, 5.74) is 0.348. The van der Waals surface area contributed by atoms with Crippen LogP contribution >= 0.6 is 0 Å². The van der Waals surface area contributed by atoms with Crippen LogP contribution in [0.15, 0.2) is 15.7 Å². The van der Waals surface area contributed by atoms with E-state index < -0.39 is 0 Å². The van der Waals surface area contributed by atoms with Gasteiger partial charge in [-0.05, 0) is 19.8 Å². The van der Waals surface area contributed by atoms with E-state index in [-0.39, 0.29) is 11.2 Å². The van der Waals surface area contributed by atoms with Gasteiger partial charge >= 0.3 is 5.69 Å². The summed E-state index contributed by atoms with van der Waals surface area (Å²) in [6.45, 7) is 6.36. The first-order valence-corrected chi connectivity index (χ1v) is 7.20. The predicted molar refractivity (Wildman–Crippen MR) is 74.7 cm³/mol. The average Bonchev–Trinajstić information content (AvgIpc) is 2.88. The first-order chi connectivity index (χ1) is 9.09. The number of unbranched alkanes of at least 4 members (excludes halogenated alkanes) is 1. The molecule has 0 aromatic carbocycles. The van der Waals surface area contributed by atoms with Gasteiger partial charge in [0.25, 0.3) is 5.56 Å². The number of hydrogen-bond donors (Lipinski definition) is 1. The minimum atomic E-state index is -0.222. The topological polar surface area (TPSA) is 48.4 Å². The Morgan fingerprint density at radius 2 is 1.89 bits per heavy atom.